The van der Waals surface area contributed by atoms with E-state index in [2.05, 4.69) is 31.5 Å². The molecule has 2 aliphatic rings. The molecule has 5 N–H and O–H groups in total. The maximum atomic E-state index is 13.6. The first-order valence-corrected chi connectivity index (χ1v) is 17.0. The van der Waals surface area contributed by atoms with Crippen LogP contribution in [0.5, 0.6) is 5.75 Å². The number of nitrogens with zero attached hydrogens (tertiary/aromatic N) is 1. The first-order chi connectivity index (χ1) is 23.4. The predicted octanol–water partition coefficient (Wildman–Crippen LogP) is 1.50. The Morgan fingerprint density at radius 3 is 2.12 bits per heavy atom. The summed E-state index contributed by atoms with van der Waals surface area (Å²) >= 11 is 0. The molecule has 2 aliphatic heterocycles. The minimum atomic E-state index is -1.27. The van der Waals surface area contributed by atoms with Crippen LogP contribution < -0.4 is 31.3 Å². The molecule has 0 unspecified atom stereocenters. The van der Waals surface area contributed by atoms with Crippen LogP contribution >= 0.6 is 0 Å². The molecule has 2 aromatic rings. The zero-order chi connectivity index (χ0) is 35.5. The third-order valence-corrected chi connectivity index (χ3v) is 8.53. The van der Waals surface area contributed by atoms with Gasteiger partial charge in [0.1, 0.15) is 30.5 Å². The van der Waals surface area contributed by atoms with Gasteiger partial charge in [-0.1, -0.05) is 64.1 Å². The van der Waals surface area contributed by atoms with Gasteiger partial charge in [-0.3, -0.25) is 28.9 Å². The van der Waals surface area contributed by atoms with E-state index in [1.54, 1.807) is 45.0 Å². The van der Waals surface area contributed by atoms with E-state index in [0.717, 1.165) is 44.0 Å². The zero-order valence-electron chi connectivity index (χ0n) is 29.0. The van der Waals surface area contributed by atoms with Crippen LogP contribution in [-0.4, -0.2) is 91.5 Å². The van der Waals surface area contributed by atoms with E-state index in [0.29, 0.717) is 0 Å². The van der Waals surface area contributed by atoms with Gasteiger partial charge in [0.25, 0.3) is 5.91 Å². The van der Waals surface area contributed by atoms with Crippen molar-refractivity contribution in [2.45, 2.75) is 78.3 Å². The molecule has 0 bridgehead atoms. The molecule has 49 heavy (non-hydrogen) atoms. The fourth-order valence-corrected chi connectivity index (χ4v) is 5.64. The number of hydrogen-bond acceptors (Lipinski definition) is 8. The van der Waals surface area contributed by atoms with Crippen LogP contribution in [0.4, 0.5) is 0 Å². The van der Waals surface area contributed by atoms with Crippen LogP contribution in [0.1, 0.15) is 62.5 Å². The van der Waals surface area contributed by atoms with E-state index in [-0.39, 0.29) is 36.3 Å². The zero-order valence-corrected chi connectivity index (χ0v) is 29.0. The second kappa shape index (κ2) is 17.8. The summed E-state index contributed by atoms with van der Waals surface area (Å²) in [4.78, 5) is 69.5. The summed E-state index contributed by atoms with van der Waals surface area (Å²) in [6.07, 6.45) is -0.430. The largest absolute Gasteiger partial charge is 0.491 e. The highest BCUT2D eigenvalue weighted by Crippen LogP contribution is 2.19. The second-order valence-electron chi connectivity index (χ2n) is 13.4. The van der Waals surface area contributed by atoms with Crippen molar-refractivity contribution in [1.29, 1.82) is 0 Å². The molecule has 4 rings (SSSR count). The van der Waals surface area contributed by atoms with Crippen molar-refractivity contribution in [3.63, 3.8) is 0 Å². The van der Waals surface area contributed by atoms with E-state index < -0.39 is 60.1 Å². The Morgan fingerprint density at radius 1 is 0.837 bits per heavy atom. The lowest BCUT2D eigenvalue weighted by Crippen LogP contribution is -2.58. The van der Waals surface area contributed by atoms with E-state index in [9.17, 15) is 24.0 Å². The molecule has 13 heteroatoms. The fourth-order valence-electron chi connectivity index (χ4n) is 5.64. The molecule has 1 fully saturated rings. The maximum absolute atomic E-state index is 13.6. The fraction of sp³-hybridized carbons (Fsp3) is 0.528. The average molecular weight is 679 g/mol. The highest BCUT2D eigenvalue weighted by Gasteiger charge is 2.33. The summed E-state index contributed by atoms with van der Waals surface area (Å²) in [5.74, 6) is -3.06. The Hall–Kier alpha value is -4.49. The summed E-state index contributed by atoms with van der Waals surface area (Å²) in [6, 6.07) is 10.9. The molecular formula is C36H50N6O7. The molecule has 0 aliphatic carbocycles. The van der Waals surface area contributed by atoms with Gasteiger partial charge in [0.15, 0.2) is 0 Å². The lowest BCUT2D eigenvalue weighted by atomic mass is 9.99. The molecule has 2 heterocycles. The number of carbonyl (C=O) groups is 5. The van der Waals surface area contributed by atoms with E-state index in [4.69, 9.17) is 9.47 Å². The van der Waals surface area contributed by atoms with E-state index in [1.807, 2.05) is 38.1 Å². The molecule has 0 spiro atoms. The van der Waals surface area contributed by atoms with Crippen LogP contribution in [0.3, 0.4) is 0 Å². The van der Waals surface area contributed by atoms with E-state index >= 15 is 0 Å². The molecule has 0 aromatic heterocycles. The van der Waals surface area contributed by atoms with Crippen LogP contribution in [0.25, 0.3) is 0 Å². The summed E-state index contributed by atoms with van der Waals surface area (Å²) in [6.45, 7) is 13.2. The van der Waals surface area contributed by atoms with Crippen molar-refractivity contribution in [2.24, 2.45) is 11.8 Å². The number of fused-ring (bicyclic) bond motifs is 1. The third-order valence-electron chi connectivity index (χ3n) is 8.53. The summed E-state index contributed by atoms with van der Waals surface area (Å²) in [5, 5.41) is 13.9. The minimum Gasteiger partial charge on any atom is -0.491 e. The normalized spacial score (nSPS) is 23.3. The van der Waals surface area contributed by atoms with Gasteiger partial charge in [0.05, 0.1) is 31.2 Å². The lowest BCUT2D eigenvalue weighted by Gasteiger charge is -2.28. The van der Waals surface area contributed by atoms with Gasteiger partial charge in [0, 0.05) is 26.2 Å². The van der Waals surface area contributed by atoms with Gasteiger partial charge in [-0.25, -0.2) is 0 Å². The summed E-state index contributed by atoms with van der Waals surface area (Å²) in [7, 11) is 0. The number of hydrogen-bond donors (Lipinski definition) is 5. The first-order valence-electron chi connectivity index (χ1n) is 17.0. The average Bonchev–Trinajstić information content (AvgIpc) is 3.07. The summed E-state index contributed by atoms with van der Waals surface area (Å²) < 4.78 is 11.4. The molecule has 13 nitrogen and oxygen atoms in total. The highest BCUT2D eigenvalue weighted by molar-refractivity contribution is 6.01. The number of amides is 5. The summed E-state index contributed by atoms with van der Waals surface area (Å²) in [5.41, 5.74) is 2.16. The second-order valence-corrected chi connectivity index (χ2v) is 13.4. The lowest BCUT2D eigenvalue weighted by molar-refractivity contribution is -0.134. The molecule has 1 saturated heterocycles. The first kappa shape index (κ1) is 37.3. The molecule has 0 saturated carbocycles. The number of nitrogens with one attached hydrogen (secondary N) is 5. The Morgan fingerprint density at radius 2 is 1.45 bits per heavy atom. The van der Waals surface area contributed by atoms with E-state index in [1.165, 1.54) is 0 Å². The van der Waals surface area contributed by atoms with Crippen LogP contribution in [0.2, 0.25) is 0 Å². The highest BCUT2D eigenvalue weighted by atomic mass is 16.5. The number of para-hydroxylation sites is 1. The standard InChI is InChI=1S/C36H50N6O7/c1-22(2)31-36(47)41-32(23(3)4)35(46)38-24(5)21-49-29-9-7-6-8-27(29)33(44)39-28(18-30(43)40-31)34(45)37-19-25-10-12-26(13-11-25)20-42-14-16-48-17-15-42/h6-13,22-24,28,31-32H,14-21H2,1-5H3,(H,37,45)(H,38,46)(H,39,44)(H,40,43)(H,41,47)/t24-,28-,31-,32+/m0/s1. The number of rotatable bonds is 7. The molecule has 2 aromatic carbocycles. The number of morpholine rings is 1. The molecule has 4 atom stereocenters. The van der Waals surface area contributed by atoms with Crippen LogP contribution in [-0.2, 0) is 37.0 Å². The Labute approximate surface area is 288 Å². The number of benzene rings is 2. The SMILES string of the molecule is CC(C)[C@@H]1NC(=O)C[C@@H](C(=O)NCc2ccc(CN3CCOCC3)cc2)NC(=O)c2ccccc2OC[C@H](C)NC(=O)[C@@H](C(C)C)NC1=O. The monoisotopic (exact) mass is 678 g/mol. The predicted molar refractivity (Wildman–Crippen MR) is 183 cm³/mol. The van der Waals surface area contributed by atoms with Crippen molar-refractivity contribution in [3.05, 3.63) is 65.2 Å². The minimum absolute atomic E-state index is 0.0403. The quantitative estimate of drug-likeness (QED) is 0.294. The Bertz CT molecular complexity index is 1460. The van der Waals surface area contributed by atoms with Crippen molar-refractivity contribution in [2.75, 3.05) is 32.9 Å². The van der Waals surface area contributed by atoms with Crippen molar-refractivity contribution in [3.8, 4) is 5.75 Å². The smallest absolute Gasteiger partial charge is 0.255 e. The van der Waals surface area contributed by atoms with Crippen molar-refractivity contribution < 1.29 is 33.4 Å². The van der Waals surface area contributed by atoms with Gasteiger partial charge in [-0.2, -0.15) is 0 Å². The van der Waals surface area contributed by atoms with Crippen LogP contribution in [0, 0.1) is 11.8 Å². The molecule has 0 radical (unpaired) electrons. The van der Waals surface area contributed by atoms with Crippen molar-refractivity contribution >= 4 is 29.5 Å². The van der Waals surface area contributed by atoms with Gasteiger partial charge in [-0.15, -0.1) is 0 Å². The molecule has 5 amide bonds. The molecular weight excluding hydrogens is 628 g/mol. The number of ether oxygens (including phenoxy) is 2. The number of carbonyl (C=O) groups excluding carboxylic acids is 5. The Kier molecular flexibility index (Phi) is 13.5. The maximum Gasteiger partial charge on any atom is 0.255 e. The molecule has 266 valence electrons. The van der Waals surface area contributed by atoms with Gasteiger partial charge in [0.2, 0.25) is 23.6 Å². The third kappa shape index (κ3) is 11.0. The van der Waals surface area contributed by atoms with Gasteiger partial charge in [-0.05, 0) is 42.0 Å². The van der Waals surface area contributed by atoms with Gasteiger partial charge >= 0.3 is 0 Å². The van der Waals surface area contributed by atoms with Gasteiger partial charge < -0.3 is 36.1 Å². The Balaban J connectivity index is 1.54. The topological polar surface area (TPSA) is 167 Å². The van der Waals surface area contributed by atoms with Crippen LogP contribution in [0.15, 0.2) is 48.5 Å². The van der Waals surface area contributed by atoms with Crippen molar-refractivity contribution in [1.82, 2.24) is 31.5 Å².